The van der Waals surface area contributed by atoms with Gasteiger partial charge in [0, 0.05) is 5.88 Å². The number of hydrogen-bond donors (Lipinski definition) is 4. The van der Waals surface area contributed by atoms with Crippen LogP contribution in [-0.2, 0) is 0 Å². The van der Waals surface area contributed by atoms with E-state index in [1.807, 2.05) is 4.90 Å². The first kappa shape index (κ1) is 20.1. The lowest BCUT2D eigenvalue weighted by atomic mass is 9.88. The van der Waals surface area contributed by atoms with Crippen LogP contribution < -0.4 is 0 Å². The number of rotatable bonds is 10. The summed E-state index contributed by atoms with van der Waals surface area (Å²) < 4.78 is 0. The van der Waals surface area contributed by atoms with Crippen molar-refractivity contribution >= 4 is 11.6 Å². The molecule has 132 valence electrons. The topological polar surface area (TPSA) is 84.2 Å². The normalized spacial score (nSPS) is 33.3. The zero-order chi connectivity index (χ0) is 16.5. The van der Waals surface area contributed by atoms with Crippen LogP contribution in [-0.4, -0.2) is 74.8 Å². The van der Waals surface area contributed by atoms with Crippen LogP contribution in [0.5, 0.6) is 0 Å². The first-order chi connectivity index (χ1) is 10.6. The smallest absolute Gasteiger partial charge is 0.109 e. The third kappa shape index (κ3) is 5.32. The Hall–Kier alpha value is 0.0900. The fraction of sp³-hybridized carbons (Fsp3) is 1.00. The fourth-order valence-electron chi connectivity index (χ4n) is 3.27. The molecule has 0 aliphatic carbocycles. The SMILES string of the molecule is CCCCCCCCCN1[C@H](CCl)[C@H](O)[C@@H](O)[C@@H](O)[C@@H]1CO. The number of piperidine rings is 1. The van der Waals surface area contributed by atoms with Gasteiger partial charge in [0.1, 0.15) is 12.2 Å². The third-order valence-corrected chi connectivity index (χ3v) is 5.02. The van der Waals surface area contributed by atoms with E-state index in [0.29, 0.717) is 6.54 Å². The molecule has 0 amide bonds. The van der Waals surface area contributed by atoms with Crippen LogP contribution in [0.2, 0.25) is 0 Å². The second-order valence-electron chi connectivity index (χ2n) is 6.30. The highest BCUT2D eigenvalue weighted by atomic mass is 35.5. The first-order valence-electron chi connectivity index (χ1n) is 8.55. The van der Waals surface area contributed by atoms with Crippen LogP contribution >= 0.6 is 11.6 Å². The van der Waals surface area contributed by atoms with Crippen molar-refractivity contribution in [2.45, 2.75) is 82.3 Å². The van der Waals surface area contributed by atoms with E-state index in [1.165, 1.54) is 32.1 Å². The van der Waals surface area contributed by atoms with Gasteiger partial charge in [-0.05, 0) is 13.0 Å². The number of aliphatic hydroxyl groups is 4. The second kappa shape index (κ2) is 10.8. The Kier molecular flexibility index (Phi) is 9.87. The zero-order valence-corrected chi connectivity index (χ0v) is 14.3. The van der Waals surface area contributed by atoms with Crippen molar-refractivity contribution in [2.24, 2.45) is 0 Å². The molecule has 5 atom stereocenters. The molecule has 0 saturated carbocycles. The van der Waals surface area contributed by atoms with Crippen molar-refractivity contribution in [3.05, 3.63) is 0 Å². The van der Waals surface area contributed by atoms with E-state index in [1.54, 1.807) is 0 Å². The Morgan fingerprint density at radius 3 is 1.91 bits per heavy atom. The molecule has 0 unspecified atom stereocenters. The van der Waals surface area contributed by atoms with Crippen LogP contribution in [0.3, 0.4) is 0 Å². The molecule has 22 heavy (non-hydrogen) atoms. The summed E-state index contributed by atoms with van der Waals surface area (Å²) in [6.07, 6.45) is 4.73. The lowest BCUT2D eigenvalue weighted by molar-refractivity contribution is -0.166. The van der Waals surface area contributed by atoms with Gasteiger partial charge < -0.3 is 20.4 Å². The first-order valence-corrected chi connectivity index (χ1v) is 9.08. The molecule has 1 heterocycles. The van der Waals surface area contributed by atoms with E-state index < -0.39 is 30.4 Å². The summed E-state index contributed by atoms with van der Waals surface area (Å²) >= 11 is 5.93. The molecule has 0 aromatic carbocycles. The van der Waals surface area contributed by atoms with Gasteiger partial charge in [-0.25, -0.2) is 0 Å². The molecule has 0 radical (unpaired) electrons. The minimum absolute atomic E-state index is 0.165. The molecular formula is C16H32ClNO4. The number of nitrogens with zero attached hydrogens (tertiary/aromatic N) is 1. The standard InChI is InChI=1S/C16H32ClNO4/c1-2-3-4-5-6-7-8-9-18-12(10-17)14(20)16(22)15(21)13(18)11-19/h12-16,19-22H,2-11H2,1H3/t12-,13+,14+,15+,16-/m1/s1. The summed E-state index contributed by atoms with van der Waals surface area (Å²) in [6, 6.07) is -1.00. The maximum absolute atomic E-state index is 10.1. The van der Waals surface area contributed by atoms with Crippen molar-refractivity contribution in [2.75, 3.05) is 19.0 Å². The number of unbranched alkanes of at least 4 members (excludes halogenated alkanes) is 6. The predicted molar refractivity (Wildman–Crippen MR) is 88.1 cm³/mol. The van der Waals surface area contributed by atoms with E-state index in [4.69, 9.17) is 11.6 Å². The molecule has 0 aromatic rings. The second-order valence-corrected chi connectivity index (χ2v) is 6.61. The number of halogens is 1. The molecule has 1 aliphatic heterocycles. The van der Waals surface area contributed by atoms with Gasteiger partial charge in [0.05, 0.1) is 24.8 Å². The maximum atomic E-state index is 10.1. The minimum atomic E-state index is -1.26. The van der Waals surface area contributed by atoms with Gasteiger partial charge in [-0.2, -0.15) is 0 Å². The van der Waals surface area contributed by atoms with Crippen molar-refractivity contribution in [3.8, 4) is 0 Å². The molecule has 0 spiro atoms. The summed E-state index contributed by atoms with van der Waals surface area (Å²) in [6.45, 7) is 2.61. The Morgan fingerprint density at radius 1 is 0.818 bits per heavy atom. The van der Waals surface area contributed by atoms with E-state index >= 15 is 0 Å². The number of hydrogen-bond acceptors (Lipinski definition) is 5. The molecular weight excluding hydrogens is 306 g/mol. The van der Waals surface area contributed by atoms with E-state index in [9.17, 15) is 20.4 Å². The molecule has 1 aliphatic rings. The van der Waals surface area contributed by atoms with E-state index in [2.05, 4.69) is 6.92 Å². The number of likely N-dealkylation sites (tertiary alicyclic amines) is 1. The van der Waals surface area contributed by atoms with Crippen LogP contribution in [0.25, 0.3) is 0 Å². The van der Waals surface area contributed by atoms with Crippen LogP contribution in [0.4, 0.5) is 0 Å². The van der Waals surface area contributed by atoms with Crippen LogP contribution in [0, 0.1) is 0 Å². The summed E-state index contributed by atoms with van der Waals surface area (Å²) in [7, 11) is 0. The molecule has 0 bridgehead atoms. The quantitative estimate of drug-likeness (QED) is 0.354. The average Bonchev–Trinajstić information content (AvgIpc) is 2.52. The van der Waals surface area contributed by atoms with Gasteiger partial charge in [0.2, 0.25) is 0 Å². The van der Waals surface area contributed by atoms with Crippen molar-refractivity contribution in [1.29, 1.82) is 0 Å². The van der Waals surface area contributed by atoms with E-state index in [-0.39, 0.29) is 12.5 Å². The zero-order valence-electron chi connectivity index (χ0n) is 13.6. The molecule has 6 heteroatoms. The Labute approximate surface area is 138 Å². The Bertz CT molecular complexity index is 277. The highest BCUT2D eigenvalue weighted by Gasteiger charge is 2.46. The molecule has 5 nitrogen and oxygen atoms in total. The highest BCUT2D eigenvalue weighted by molar-refractivity contribution is 6.18. The minimum Gasteiger partial charge on any atom is -0.395 e. The maximum Gasteiger partial charge on any atom is 0.109 e. The summed E-state index contributed by atoms with van der Waals surface area (Å²) in [4.78, 5) is 1.86. The summed E-state index contributed by atoms with van der Waals surface area (Å²) in [5.74, 6) is 0.165. The molecule has 1 rings (SSSR count). The summed E-state index contributed by atoms with van der Waals surface area (Å²) in [5, 5.41) is 39.5. The van der Waals surface area contributed by atoms with Crippen molar-refractivity contribution < 1.29 is 20.4 Å². The van der Waals surface area contributed by atoms with Gasteiger partial charge in [0.15, 0.2) is 0 Å². The fourth-order valence-corrected chi connectivity index (χ4v) is 3.63. The number of alkyl halides is 1. The van der Waals surface area contributed by atoms with Gasteiger partial charge >= 0.3 is 0 Å². The van der Waals surface area contributed by atoms with E-state index in [0.717, 1.165) is 12.8 Å². The third-order valence-electron chi connectivity index (χ3n) is 4.71. The lowest BCUT2D eigenvalue weighted by Crippen LogP contribution is -2.67. The van der Waals surface area contributed by atoms with Crippen LogP contribution in [0.15, 0.2) is 0 Å². The monoisotopic (exact) mass is 337 g/mol. The van der Waals surface area contributed by atoms with Gasteiger partial charge in [-0.15, -0.1) is 11.6 Å². The number of aliphatic hydroxyl groups excluding tert-OH is 4. The van der Waals surface area contributed by atoms with Crippen molar-refractivity contribution in [3.63, 3.8) is 0 Å². The molecule has 4 N–H and O–H groups in total. The van der Waals surface area contributed by atoms with Gasteiger partial charge in [-0.1, -0.05) is 45.4 Å². The van der Waals surface area contributed by atoms with Gasteiger partial charge in [0.25, 0.3) is 0 Å². The largest absolute Gasteiger partial charge is 0.395 e. The van der Waals surface area contributed by atoms with Crippen LogP contribution in [0.1, 0.15) is 51.9 Å². The average molecular weight is 338 g/mol. The predicted octanol–water partition coefficient (Wildman–Crippen LogP) is 1.10. The Balaban J connectivity index is 2.46. The van der Waals surface area contributed by atoms with Crippen molar-refractivity contribution in [1.82, 2.24) is 4.90 Å². The lowest BCUT2D eigenvalue weighted by Gasteiger charge is -2.48. The molecule has 0 aromatic heterocycles. The Morgan fingerprint density at radius 2 is 1.36 bits per heavy atom. The molecule has 1 fully saturated rings. The highest BCUT2D eigenvalue weighted by Crippen LogP contribution is 2.26. The molecule has 1 saturated heterocycles. The van der Waals surface area contributed by atoms with Gasteiger partial charge in [-0.3, -0.25) is 4.90 Å². The summed E-state index contributed by atoms with van der Waals surface area (Å²) in [5.41, 5.74) is 0.